The van der Waals surface area contributed by atoms with Crippen molar-refractivity contribution in [2.24, 2.45) is 5.73 Å². The first-order valence-corrected chi connectivity index (χ1v) is 15.0. The molecule has 7 nitrogen and oxygen atoms in total. The second-order valence-electron chi connectivity index (χ2n) is 10.2. The molecule has 9 heteroatoms. The molecule has 6 aromatic rings. The highest BCUT2D eigenvalue weighted by molar-refractivity contribution is 7.92. The van der Waals surface area contributed by atoms with Crippen LogP contribution in [0, 0.1) is 5.82 Å². The van der Waals surface area contributed by atoms with E-state index in [1.807, 2.05) is 42.6 Å². The summed E-state index contributed by atoms with van der Waals surface area (Å²) in [5.74, 6) is -0.953. The highest BCUT2D eigenvalue weighted by Crippen LogP contribution is 2.38. The fourth-order valence-electron chi connectivity index (χ4n) is 5.18. The molecule has 0 atom stereocenters. The van der Waals surface area contributed by atoms with Crippen molar-refractivity contribution in [1.29, 1.82) is 0 Å². The normalized spacial score (nSPS) is 11.7. The first-order chi connectivity index (χ1) is 20.1. The van der Waals surface area contributed by atoms with E-state index in [2.05, 4.69) is 17.1 Å². The van der Waals surface area contributed by atoms with Gasteiger partial charge in [-0.05, 0) is 76.5 Å². The van der Waals surface area contributed by atoms with E-state index in [1.165, 1.54) is 35.6 Å². The molecule has 0 aliphatic carbocycles. The quantitative estimate of drug-likeness (QED) is 0.231. The van der Waals surface area contributed by atoms with E-state index in [0.717, 1.165) is 33.7 Å². The lowest BCUT2D eigenvalue weighted by molar-refractivity contribution is 0.100. The Morgan fingerprint density at radius 3 is 2.40 bits per heavy atom. The number of primary amides is 1. The summed E-state index contributed by atoms with van der Waals surface area (Å²) in [5.41, 5.74) is 10.8. The van der Waals surface area contributed by atoms with Crippen LogP contribution >= 0.6 is 0 Å². The first kappa shape index (κ1) is 27.2. The summed E-state index contributed by atoms with van der Waals surface area (Å²) in [6, 6.07) is 25.0. The smallest absolute Gasteiger partial charge is 0.253 e. The number of rotatable bonds is 7. The number of amides is 1. The maximum atomic E-state index is 13.6. The highest BCUT2D eigenvalue weighted by Gasteiger charge is 2.25. The maximum Gasteiger partial charge on any atom is 0.253 e. The summed E-state index contributed by atoms with van der Waals surface area (Å²) in [6.07, 6.45) is 5.07. The number of pyridine rings is 1. The molecule has 0 unspecified atom stereocenters. The van der Waals surface area contributed by atoms with Crippen molar-refractivity contribution < 1.29 is 22.0 Å². The Morgan fingerprint density at radius 1 is 0.929 bits per heavy atom. The van der Waals surface area contributed by atoms with Crippen molar-refractivity contribution in [3.63, 3.8) is 0 Å². The second-order valence-corrected chi connectivity index (χ2v) is 12.2. The van der Waals surface area contributed by atoms with Crippen LogP contribution in [-0.2, 0) is 16.4 Å². The van der Waals surface area contributed by atoms with E-state index in [4.69, 9.17) is 10.2 Å². The number of nitrogens with zero attached hydrogens (tertiary/aromatic N) is 2. The van der Waals surface area contributed by atoms with Crippen molar-refractivity contribution >= 4 is 43.4 Å². The van der Waals surface area contributed by atoms with Crippen LogP contribution in [0.15, 0.2) is 102 Å². The van der Waals surface area contributed by atoms with Gasteiger partial charge in [0.25, 0.3) is 5.91 Å². The topological polar surface area (TPSA) is 106 Å². The zero-order valence-corrected chi connectivity index (χ0v) is 23.7. The summed E-state index contributed by atoms with van der Waals surface area (Å²) >= 11 is 0. The maximum absolute atomic E-state index is 13.6. The molecular formula is C33H26FN3O4S. The summed E-state index contributed by atoms with van der Waals surface area (Å²) in [4.78, 5) is 16.8. The Labute approximate surface area is 242 Å². The van der Waals surface area contributed by atoms with Gasteiger partial charge in [-0.3, -0.25) is 14.1 Å². The van der Waals surface area contributed by atoms with Gasteiger partial charge in [0, 0.05) is 41.8 Å². The SMILES string of the molecule is CN(c1cc2oc(-c3ccc(F)cc3)c(C(N)=O)c2cc1Cc1cccc(-c2ccc3cnccc3c2)c1)S(C)(=O)=O. The fraction of sp³-hybridized carbons (Fsp3) is 0.0909. The average molecular weight is 580 g/mol. The van der Waals surface area contributed by atoms with Crippen LogP contribution in [0.2, 0.25) is 0 Å². The van der Waals surface area contributed by atoms with Gasteiger partial charge in [0.2, 0.25) is 10.0 Å². The van der Waals surface area contributed by atoms with Crippen molar-refractivity contribution in [1.82, 2.24) is 4.98 Å². The van der Waals surface area contributed by atoms with Crippen LogP contribution in [0.4, 0.5) is 10.1 Å². The van der Waals surface area contributed by atoms with E-state index in [9.17, 15) is 17.6 Å². The van der Waals surface area contributed by atoms with Gasteiger partial charge < -0.3 is 10.2 Å². The molecule has 2 heterocycles. The number of halogens is 1. The molecule has 4 aromatic carbocycles. The zero-order valence-electron chi connectivity index (χ0n) is 22.8. The van der Waals surface area contributed by atoms with Crippen molar-refractivity contribution in [2.45, 2.75) is 6.42 Å². The minimum Gasteiger partial charge on any atom is -0.455 e. The third kappa shape index (κ3) is 5.10. The van der Waals surface area contributed by atoms with Crippen molar-refractivity contribution in [3.8, 4) is 22.5 Å². The Morgan fingerprint density at radius 2 is 1.67 bits per heavy atom. The van der Waals surface area contributed by atoms with Gasteiger partial charge in [0.05, 0.1) is 17.5 Å². The van der Waals surface area contributed by atoms with Gasteiger partial charge in [-0.2, -0.15) is 0 Å². The standard InChI is InChI=1S/C33H26FN3O4S/c1-37(42(2,39)40)29-18-30-28(31(33(35)38)32(41-30)21-8-10-27(34)11-9-21)17-26(29)15-20-4-3-5-22(14-20)23-6-7-25-19-36-13-12-24(25)16-23/h3-14,16-19H,15H2,1-2H3,(H2,35,38). The van der Waals surface area contributed by atoms with Gasteiger partial charge in [-0.25, -0.2) is 12.8 Å². The third-order valence-corrected chi connectivity index (χ3v) is 8.57. The molecule has 0 aliphatic rings. The minimum atomic E-state index is -3.63. The lowest BCUT2D eigenvalue weighted by Crippen LogP contribution is -2.26. The van der Waals surface area contributed by atoms with Gasteiger partial charge in [-0.1, -0.05) is 36.4 Å². The minimum absolute atomic E-state index is 0.144. The summed E-state index contributed by atoms with van der Waals surface area (Å²) in [7, 11) is -2.16. The Hall–Kier alpha value is -5.02. The molecule has 42 heavy (non-hydrogen) atoms. The molecule has 2 aromatic heterocycles. The van der Waals surface area contributed by atoms with Crippen molar-refractivity contribution in [3.05, 3.63) is 120 Å². The summed E-state index contributed by atoms with van der Waals surface area (Å²) in [6.45, 7) is 0. The molecule has 0 bridgehead atoms. The van der Waals surface area contributed by atoms with Crippen LogP contribution in [0.3, 0.4) is 0 Å². The molecule has 210 valence electrons. The van der Waals surface area contributed by atoms with Gasteiger partial charge in [-0.15, -0.1) is 0 Å². The summed E-state index contributed by atoms with van der Waals surface area (Å²) in [5, 5.41) is 2.57. The molecule has 6 rings (SSSR count). The van der Waals surface area contributed by atoms with E-state index >= 15 is 0 Å². The van der Waals surface area contributed by atoms with Gasteiger partial charge in [0.1, 0.15) is 17.2 Å². The first-order valence-electron chi connectivity index (χ1n) is 13.1. The van der Waals surface area contributed by atoms with Crippen LogP contribution < -0.4 is 10.0 Å². The predicted octanol–water partition coefficient (Wildman–Crippen LogP) is 6.54. The zero-order chi connectivity index (χ0) is 29.6. The number of furan rings is 1. The predicted molar refractivity (Wildman–Crippen MR) is 163 cm³/mol. The molecule has 0 saturated carbocycles. The fourth-order valence-corrected chi connectivity index (χ4v) is 5.71. The molecule has 0 spiro atoms. The van der Waals surface area contributed by atoms with Crippen LogP contribution in [0.5, 0.6) is 0 Å². The molecule has 0 saturated heterocycles. The Bertz CT molecular complexity index is 2100. The monoisotopic (exact) mass is 579 g/mol. The number of hydrogen-bond acceptors (Lipinski definition) is 5. The Kier molecular flexibility index (Phi) is 6.74. The molecule has 2 N–H and O–H groups in total. The average Bonchev–Trinajstić information content (AvgIpc) is 3.35. The molecule has 0 radical (unpaired) electrons. The number of hydrogen-bond donors (Lipinski definition) is 1. The van der Waals surface area contributed by atoms with E-state index in [0.29, 0.717) is 28.6 Å². The number of benzene rings is 4. The van der Waals surface area contributed by atoms with Crippen LogP contribution in [0.25, 0.3) is 44.2 Å². The van der Waals surface area contributed by atoms with Gasteiger partial charge in [0.15, 0.2) is 0 Å². The third-order valence-electron chi connectivity index (χ3n) is 7.37. The molecule has 0 aliphatic heterocycles. The van der Waals surface area contributed by atoms with Crippen LogP contribution in [-0.4, -0.2) is 32.6 Å². The molecule has 0 fully saturated rings. The summed E-state index contributed by atoms with van der Waals surface area (Å²) < 4.78 is 46.1. The second kappa shape index (κ2) is 10.4. The molecular weight excluding hydrogens is 553 g/mol. The number of aromatic nitrogens is 1. The highest BCUT2D eigenvalue weighted by atomic mass is 32.2. The number of anilines is 1. The lowest BCUT2D eigenvalue weighted by Gasteiger charge is -2.21. The lowest BCUT2D eigenvalue weighted by atomic mass is 9.96. The van der Waals surface area contributed by atoms with E-state index in [-0.39, 0.29) is 16.9 Å². The van der Waals surface area contributed by atoms with Gasteiger partial charge >= 0.3 is 0 Å². The Balaban J connectivity index is 1.49. The number of fused-ring (bicyclic) bond motifs is 2. The van der Waals surface area contributed by atoms with E-state index < -0.39 is 21.7 Å². The number of sulfonamides is 1. The van der Waals surface area contributed by atoms with Crippen LogP contribution in [0.1, 0.15) is 21.5 Å². The molecule has 1 amide bonds. The number of nitrogens with two attached hydrogens (primary N) is 1. The number of carbonyl (C=O) groups is 1. The van der Waals surface area contributed by atoms with E-state index in [1.54, 1.807) is 18.3 Å². The largest absolute Gasteiger partial charge is 0.455 e. The number of carbonyl (C=O) groups excluding carboxylic acids is 1. The van der Waals surface area contributed by atoms with Crippen molar-refractivity contribution in [2.75, 3.05) is 17.6 Å².